The number of amides is 2. The molecule has 1 aromatic carbocycles. The van der Waals surface area contributed by atoms with Gasteiger partial charge in [-0.1, -0.05) is 17.7 Å². The minimum Gasteiger partial charge on any atom is -0.348 e. The minimum atomic E-state index is -0.648. The molecule has 0 saturated heterocycles. The van der Waals surface area contributed by atoms with Crippen molar-refractivity contribution in [2.24, 2.45) is 0 Å². The third kappa shape index (κ3) is 4.67. The molecule has 9 heteroatoms. The van der Waals surface area contributed by atoms with Crippen molar-refractivity contribution in [3.63, 3.8) is 0 Å². The van der Waals surface area contributed by atoms with Crippen LogP contribution in [0.15, 0.2) is 35.8 Å². The van der Waals surface area contributed by atoms with Gasteiger partial charge in [0.05, 0.1) is 21.0 Å². The fraction of sp³-hybridized carbons (Fsp3) is 0.250. The highest BCUT2D eigenvalue weighted by Crippen LogP contribution is 2.27. The molecular weight excluding hydrogens is 465 g/mol. The van der Waals surface area contributed by atoms with Crippen LogP contribution in [0.1, 0.15) is 59.7 Å². The van der Waals surface area contributed by atoms with Crippen LogP contribution in [0, 0.1) is 12.7 Å². The molecule has 0 bridgehead atoms. The molecule has 3 aromatic rings. The normalized spacial score (nSPS) is 12.9. The second-order valence-electron chi connectivity index (χ2n) is 7.84. The van der Waals surface area contributed by atoms with Gasteiger partial charge in [-0.25, -0.2) is 4.39 Å². The molecule has 170 valence electrons. The molecule has 0 fully saturated rings. The Morgan fingerprint density at radius 3 is 2.79 bits per heavy atom. The van der Waals surface area contributed by atoms with Gasteiger partial charge >= 0.3 is 0 Å². The molecule has 0 radical (unpaired) electrons. The number of aromatic nitrogens is 1. The first-order chi connectivity index (χ1) is 15.8. The lowest BCUT2D eigenvalue weighted by Gasteiger charge is -2.31. The maximum Gasteiger partial charge on any atom is 0.258 e. The van der Waals surface area contributed by atoms with Crippen molar-refractivity contribution in [2.75, 3.05) is 6.54 Å². The predicted molar refractivity (Wildman–Crippen MR) is 124 cm³/mol. The molecule has 3 heterocycles. The Morgan fingerprint density at radius 2 is 2.09 bits per heavy atom. The molecule has 0 atom stereocenters. The van der Waals surface area contributed by atoms with Crippen LogP contribution in [0.4, 0.5) is 4.39 Å². The number of halogens is 2. The Hall–Kier alpha value is -3.10. The van der Waals surface area contributed by atoms with Gasteiger partial charge in [0.1, 0.15) is 5.82 Å². The highest BCUT2D eigenvalue weighted by atomic mass is 35.5. The second-order valence-corrected chi connectivity index (χ2v) is 9.16. The van der Waals surface area contributed by atoms with Gasteiger partial charge in [-0.3, -0.25) is 19.4 Å². The smallest absolute Gasteiger partial charge is 0.258 e. The average molecular weight is 486 g/mol. The summed E-state index contributed by atoms with van der Waals surface area (Å²) < 4.78 is 14.2. The number of carbonyl (C=O) groups excluding carboxylic acids is 3. The molecule has 2 amide bonds. The highest BCUT2D eigenvalue weighted by molar-refractivity contribution is 7.12. The zero-order valence-corrected chi connectivity index (χ0v) is 19.6. The zero-order chi connectivity index (χ0) is 23.7. The number of hydrogen-bond acceptors (Lipinski definition) is 5. The van der Waals surface area contributed by atoms with Crippen molar-refractivity contribution in [3.05, 3.63) is 85.1 Å². The van der Waals surface area contributed by atoms with Crippen molar-refractivity contribution < 1.29 is 18.8 Å². The van der Waals surface area contributed by atoms with Gasteiger partial charge in [0.25, 0.3) is 11.8 Å². The van der Waals surface area contributed by atoms with Gasteiger partial charge in [-0.15, -0.1) is 11.3 Å². The standard InChI is InChI=1S/C24H21ClFN3O3S/c1-13-18(10-28-23(31)15-8-21(14(2)30)33-12-15)17-6-7-29(11-16(17)9-27-13)24(32)22-19(25)4-3-5-20(22)26/h3-5,8-9,12H,6-7,10-11H2,1-2H3,(H,28,31). The van der Waals surface area contributed by atoms with Crippen LogP contribution in [0.25, 0.3) is 0 Å². The van der Waals surface area contributed by atoms with E-state index in [0.717, 1.165) is 22.4 Å². The summed E-state index contributed by atoms with van der Waals surface area (Å²) in [7, 11) is 0. The molecule has 1 N–H and O–H groups in total. The van der Waals surface area contributed by atoms with Gasteiger partial charge in [-0.2, -0.15) is 0 Å². The molecule has 6 nitrogen and oxygen atoms in total. The van der Waals surface area contributed by atoms with Gasteiger partial charge < -0.3 is 10.2 Å². The van der Waals surface area contributed by atoms with Gasteiger partial charge in [0.15, 0.2) is 5.78 Å². The summed E-state index contributed by atoms with van der Waals surface area (Å²) in [6, 6.07) is 5.76. The van der Waals surface area contributed by atoms with Gasteiger partial charge in [-0.05, 0) is 55.2 Å². The Labute approximate surface area is 199 Å². The van der Waals surface area contributed by atoms with E-state index in [2.05, 4.69) is 10.3 Å². The SMILES string of the molecule is CC(=O)c1cc(C(=O)NCc2c(C)ncc3c2CCN(C(=O)c2c(F)cccc2Cl)C3)cs1. The summed E-state index contributed by atoms with van der Waals surface area (Å²) in [4.78, 5) is 43.5. The van der Waals surface area contributed by atoms with Crippen molar-refractivity contribution in [3.8, 4) is 0 Å². The summed E-state index contributed by atoms with van der Waals surface area (Å²) >= 11 is 7.31. The number of fused-ring (bicyclic) bond motifs is 1. The summed E-state index contributed by atoms with van der Waals surface area (Å²) in [5.74, 6) is -1.45. The van der Waals surface area contributed by atoms with Crippen molar-refractivity contribution >= 4 is 40.5 Å². The quantitative estimate of drug-likeness (QED) is 0.537. The number of pyridine rings is 1. The van der Waals surface area contributed by atoms with E-state index < -0.39 is 11.7 Å². The molecular formula is C24H21ClFN3O3S. The predicted octanol–water partition coefficient (Wildman–Crippen LogP) is 4.58. The van der Waals surface area contributed by atoms with Crippen LogP contribution in [-0.4, -0.2) is 34.0 Å². The summed E-state index contributed by atoms with van der Waals surface area (Å²) in [5.41, 5.74) is 3.89. The van der Waals surface area contributed by atoms with Crippen LogP contribution in [0.5, 0.6) is 0 Å². The molecule has 2 aromatic heterocycles. The van der Waals surface area contributed by atoms with Crippen molar-refractivity contribution in [2.45, 2.75) is 33.4 Å². The average Bonchev–Trinajstić information content (AvgIpc) is 3.28. The topological polar surface area (TPSA) is 79.4 Å². The van der Waals surface area contributed by atoms with Crippen LogP contribution >= 0.6 is 22.9 Å². The molecule has 0 unspecified atom stereocenters. The van der Waals surface area contributed by atoms with E-state index in [1.54, 1.807) is 22.5 Å². The van der Waals surface area contributed by atoms with Crippen LogP contribution < -0.4 is 5.32 Å². The first-order valence-corrected chi connectivity index (χ1v) is 11.6. The van der Waals surface area contributed by atoms with Crippen LogP contribution in [0.2, 0.25) is 5.02 Å². The van der Waals surface area contributed by atoms with Crippen molar-refractivity contribution in [1.82, 2.24) is 15.2 Å². The molecule has 0 saturated carbocycles. The third-order valence-corrected chi connectivity index (χ3v) is 7.04. The van der Waals surface area contributed by atoms with E-state index in [1.807, 2.05) is 6.92 Å². The number of benzene rings is 1. The van der Waals surface area contributed by atoms with Crippen LogP contribution in [-0.2, 0) is 19.5 Å². The van der Waals surface area contributed by atoms with Crippen molar-refractivity contribution in [1.29, 1.82) is 0 Å². The Balaban J connectivity index is 1.51. The molecule has 1 aliphatic rings. The largest absolute Gasteiger partial charge is 0.348 e. The zero-order valence-electron chi connectivity index (χ0n) is 18.1. The molecule has 4 rings (SSSR count). The number of carbonyl (C=O) groups is 3. The third-order valence-electron chi connectivity index (χ3n) is 5.69. The van der Waals surface area contributed by atoms with E-state index in [1.165, 1.54) is 36.5 Å². The number of thiophene rings is 1. The first kappa shape index (κ1) is 23.1. The highest BCUT2D eigenvalue weighted by Gasteiger charge is 2.27. The fourth-order valence-electron chi connectivity index (χ4n) is 3.90. The monoisotopic (exact) mass is 485 g/mol. The maximum absolute atomic E-state index is 14.2. The fourth-order valence-corrected chi connectivity index (χ4v) is 4.93. The molecule has 0 spiro atoms. The second kappa shape index (κ2) is 9.41. The number of rotatable bonds is 5. The summed E-state index contributed by atoms with van der Waals surface area (Å²) in [5, 5.41) is 4.64. The van der Waals surface area contributed by atoms with Gasteiger partial charge in [0.2, 0.25) is 0 Å². The number of Topliss-reactive ketones (excluding diaryl/α,β-unsaturated/α-hetero) is 1. The Bertz CT molecular complexity index is 1250. The maximum atomic E-state index is 14.2. The minimum absolute atomic E-state index is 0.0769. The molecule has 0 aliphatic carbocycles. The Morgan fingerprint density at radius 1 is 1.30 bits per heavy atom. The lowest BCUT2D eigenvalue weighted by molar-refractivity contribution is 0.0729. The van der Waals surface area contributed by atoms with E-state index in [0.29, 0.717) is 23.4 Å². The number of aryl methyl sites for hydroxylation is 1. The van der Waals surface area contributed by atoms with E-state index in [9.17, 15) is 18.8 Å². The summed E-state index contributed by atoms with van der Waals surface area (Å²) in [6.07, 6.45) is 2.27. The lowest BCUT2D eigenvalue weighted by Crippen LogP contribution is -2.37. The lowest BCUT2D eigenvalue weighted by atomic mass is 9.94. The number of hydrogen-bond donors (Lipinski definition) is 1. The van der Waals surface area contributed by atoms with E-state index in [4.69, 9.17) is 11.6 Å². The Kier molecular flexibility index (Phi) is 6.58. The number of nitrogens with one attached hydrogen (secondary N) is 1. The van der Waals surface area contributed by atoms with E-state index >= 15 is 0 Å². The van der Waals surface area contributed by atoms with Gasteiger partial charge in [0, 0.05) is 36.9 Å². The first-order valence-electron chi connectivity index (χ1n) is 10.3. The molecule has 1 aliphatic heterocycles. The van der Waals surface area contributed by atoms with Crippen LogP contribution in [0.3, 0.4) is 0 Å². The van der Waals surface area contributed by atoms with E-state index in [-0.39, 0.29) is 35.4 Å². The number of nitrogens with zero attached hydrogens (tertiary/aromatic N) is 2. The molecule has 33 heavy (non-hydrogen) atoms. The summed E-state index contributed by atoms with van der Waals surface area (Å²) in [6.45, 7) is 4.29. The number of ketones is 1.